The number of benzene rings is 2. The van der Waals surface area contributed by atoms with Gasteiger partial charge in [-0.15, -0.1) is 0 Å². The van der Waals surface area contributed by atoms with Crippen LogP contribution in [0.1, 0.15) is 79.6 Å². The molecule has 288 valence electrons. The van der Waals surface area contributed by atoms with Gasteiger partial charge in [0.25, 0.3) is 0 Å². The number of pyridine rings is 1. The molecule has 2 aliphatic rings. The summed E-state index contributed by atoms with van der Waals surface area (Å²) in [7, 11) is 0. The number of carbonyl (C=O) groups is 2. The Kier molecular flexibility index (Phi) is 13.4. The van der Waals surface area contributed by atoms with E-state index in [0.717, 1.165) is 42.4 Å². The molecule has 3 aromatic rings. The summed E-state index contributed by atoms with van der Waals surface area (Å²) in [6.07, 6.45) is 4.72. The smallest absolute Gasteiger partial charge is 0.387 e. The zero-order chi connectivity index (χ0) is 38.4. The van der Waals surface area contributed by atoms with E-state index in [1.54, 1.807) is 20.8 Å². The molecule has 17 heteroatoms. The summed E-state index contributed by atoms with van der Waals surface area (Å²) in [6, 6.07) is 8.50. The third-order valence-electron chi connectivity index (χ3n) is 8.18. The average Bonchev–Trinajstić information content (AvgIpc) is 3.99. The Morgan fingerprint density at radius 1 is 0.962 bits per heavy atom. The number of halogens is 4. The summed E-state index contributed by atoms with van der Waals surface area (Å²) >= 11 is 9.97. The molecule has 2 fully saturated rings. The zero-order valence-corrected chi connectivity index (χ0v) is 31.5. The van der Waals surface area contributed by atoms with Crippen LogP contribution in [0.25, 0.3) is 0 Å². The van der Waals surface area contributed by atoms with Crippen molar-refractivity contribution in [2.75, 3.05) is 19.8 Å². The van der Waals surface area contributed by atoms with E-state index in [2.05, 4.69) is 4.74 Å². The molecular formula is C36H39Cl2F2N2O10S-. The molecule has 2 unspecified atom stereocenters. The molecular weight excluding hydrogens is 761 g/mol. The summed E-state index contributed by atoms with van der Waals surface area (Å²) in [6.45, 7) is 1.67. The van der Waals surface area contributed by atoms with Crippen molar-refractivity contribution < 1.29 is 55.5 Å². The predicted molar refractivity (Wildman–Crippen MR) is 188 cm³/mol. The van der Waals surface area contributed by atoms with Crippen LogP contribution >= 0.6 is 23.2 Å². The van der Waals surface area contributed by atoms with Gasteiger partial charge in [0.1, 0.15) is 34.0 Å². The van der Waals surface area contributed by atoms with Crippen LogP contribution in [0.2, 0.25) is 10.0 Å². The van der Waals surface area contributed by atoms with E-state index in [4.69, 9.17) is 42.1 Å². The normalized spacial score (nSPS) is 15.6. The molecule has 1 heterocycles. The van der Waals surface area contributed by atoms with Gasteiger partial charge in [-0.05, 0) is 88.1 Å². The van der Waals surface area contributed by atoms with Crippen LogP contribution in [0.5, 0.6) is 17.2 Å². The minimum Gasteiger partial charge on any atom is -0.760 e. The van der Waals surface area contributed by atoms with Gasteiger partial charge in [-0.25, -0.2) is 9.10 Å². The fourth-order valence-electron chi connectivity index (χ4n) is 5.17. The van der Waals surface area contributed by atoms with Crippen molar-refractivity contribution in [1.29, 1.82) is 0 Å². The van der Waals surface area contributed by atoms with E-state index in [0.29, 0.717) is 28.4 Å². The molecule has 1 aromatic heterocycles. The molecule has 12 nitrogen and oxygen atoms in total. The second kappa shape index (κ2) is 17.6. The highest BCUT2D eigenvalue weighted by Gasteiger charge is 2.28. The molecule has 2 atom stereocenters. The Labute approximate surface area is 318 Å². The van der Waals surface area contributed by atoms with Gasteiger partial charge >= 0.3 is 18.6 Å². The number of nitrogens with zero attached hydrogens (tertiary/aromatic N) is 2. The van der Waals surface area contributed by atoms with Gasteiger partial charge in [-0.1, -0.05) is 35.3 Å². The summed E-state index contributed by atoms with van der Waals surface area (Å²) in [4.78, 5) is 26.3. The van der Waals surface area contributed by atoms with Crippen molar-refractivity contribution in [1.82, 2.24) is 4.31 Å². The zero-order valence-electron chi connectivity index (χ0n) is 29.2. The first kappa shape index (κ1) is 40.4. The van der Waals surface area contributed by atoms with Crippen LogP contribution in [0, 0.1) is 17.0 Å². The van der Waals surface area contributed by atoms with E-state index in [1.165, 1.54) is 36.4 Å². The van der Waals surface area contributed by atoms with Crippen molar-refractivity contribution in [3.05, 3.63) is 86.3 Å². The van der Waals surface area contributed by atoms with Gasteiger partial charge in [0.15, 0.2) is 23.9 Å². The molecule has 2 saturated carbocycles. The van der Waals surface area contributed by atoms with Crippen molar-refractivity contribution in [3.8, 4) is 17.2 Å². The Balaban J connectivity index is 1.45. The summed E-state index contributed by atoms with van der Waals surface area (Å²) in [5, 5.41) is 12.0. The van der Waals surface area contributed by atoms with Gasteiger partial charge in [0, 0.05) is 35.4 Å². The van der Waals surface area contributed by atoms with E-state index in [1.807, 2.05) is 0 Å². The first-order valence-electron chi connectivity index (χ1n) is 16.9. The fourth-order valence-corrected chi connectivity index (χ4v) is 6.22. The van der Waals surface area contributed by atoms with E-state index < -0.39 is 48.1 Å². The lowest BCUT2D eigenvalue weighted by Gasteiger charge is -2.27. The average molecular weight is 801 g/mol. The minimum atomic E-state index is -3.12. The molecule has 5 rings (SSSR count). The standard InChI is InChI=1S/C36H40Cl2F2N2O10S/c1-36(2,3)52-33(43)18-42(53(46)47)15-25-9-8-24(13-30(25)48-19-21-4-5-21)34(44)50-31(14-26-27(37)16-41(45)17-28(26)38)23-10-11-29(51-35(39)40)32(12-23)49-20-22-6-7-22/h8-13,16-17,21-22,31,35H,4-7,14-15,18-20H2,1-3H3,(H,46,47)/p-1. The summed E-state index contributed by atoms with van der Waals surface area (Å²) < 4.78 is 80.0. The van der Waals surface area contributed by atoms with Crippen LogP contribution in [0.15, 0.2) is 48.8 Å². The third kappa shape index (κ3) is 12.4. The number of hydrogen-bond acceptors (Lipinski definition) is 10. The van der Waals surface area contributed by atoms with Crippen molar-refractivity contribution >= 4 is 46.4 Å². The first-order valence-corrected chi connectivity index (χ1v) is 18.6. The van der Waals surface area contributed by atoms with Gasteiger partial charge in [0.05, 0.1) is 18.8 Å². The number of hydrogen-bond donors (Lipinski definition) is 0. The Bertz CT molecular complexity index is 1800. The lowest BCUT2D eigenvalue weighted by atomic mass is 10.0. The van der Waals surface area contributed by atoms with Crippen LogP contribution in [0.4, 0.5) is 8.78 Å². The fraction of sp³-hybridized carbons (Fsp3) is 0.472. The molecule has 0 bridgehead atoms. The molecule has 2 aliphatic carbocycles. The van der Waals surface area contributed by atoms with Gasteiger partial charge < -0.3 is 33.4 Å². The second-order valence-corrected chi connectivity index (χ2v) is 15.7. The SMILES string of the molecule is CC(C)(C)OC(=O)CN(Cc1ccc(C(=O)OC(Cc2c(Cl)c[n+]([O-])cc2Cl)c2ccc(OC(F)F)c(OCC3CC3)c2)cc1OCC1CC1)S(=O)[O-]. The summed E-state index contributed by atoms with van der Waals surface area (Å²) in [5.41, 5.74) is 0.206. The number of ether oxygens (including phenoxy) is 5. The molecule has 0 N–H and O–H groups in total. The number of aromatic nitrogens is 1. The number of carbonyl (C=O) groups excluding carboxylic acids is 2. The topological polar surface area (TPSA) is 151 Å². The quantitative estimate of drug-likeness (QED) is 0.0577. The number of rotatable bonds is 18. The Hall–Kier alpha value is -3.76. The lowest BCUT2D eigenvalue weighted by molar-refractivity contribution is -0.605. The highest BCUT2D eigenvalue weighted by atomic mass is 35.5. The minimum absolute atomic E-state index is 0.00298. The van der Waals surface area contributed by atoms with Crippen LogP contribution < -0.4 is 18.9 Å². The summed E-state index contributed by atoms with van der Waals surface area (Å²) in [5.74, 6) is -0.963. The predicted octanol–water partition coefficient (Wildman–Crippen LogP) is 6.88. The lowest BCUT2D eigenvalue weighted by Crippen LogP contribution is -2.35. The van der Waals surface area contributed by atoms with Gasteiger partial charge in [-0.3, -0.25) is 9.00 Å². The van der Waals surface area contributed by atoms with Crippen molar-refractivity contribution in [2.45, 2.75) is 77.7 Å². The maximum absolute atomic E-state index is 13.9. The number of alkyl halides is 2. The first-order chi connectivity index (χ1) is 25.0. The molecule has 53 heavy (non-hydrogen) atoms. The largest absolute Gasteiger partial charge is 0.760 e. The van der Waals surface area contributed by atoms with Gasteiger partial charge in [0.2, 0.25) is 0 Å². The third-order valence-corrected chi connectivity index (χ3v) is 9.51. The Morgan fingerprint density at radius 2 is 1.58 bits per heavy atom. The van der Waals surface area contributed by atoms with Gasteiger partial charge in [-0.2, -0.15) is 13.5 Å². The van der Waals surface area contributed by atoms with Crippen LogP contribution in [0.3, 0.4) is 0 Å². The monoisotopic (exact) mass is 799 g/mol. The highest BCUT2D eigenvalue weighted by Crippen LogP contribution is 2.38. The van der Waals surface area contributed by atoms with Crippen LogP contribution in [-0.2, 0) is 38.5 Å². The molecule has 0 amide bonds. The Morgan fingerprint density at radius 3 is 2.15 bits per heavy atom. The molecule has 0 radical (unpaired) electrons. The maximum atomic E-state index is 13.9. The number of esters is 2. The molecule has 2 aromatic carbocycles. The van der Waals surface area contributed by atoms with E-state index >= 15 is 0 Å². The molecule has 0 saturated heterocycles. The molecule has 0 aliphatic heterocycles. The van der Waals surface area contributed by atoms with Crippen molar-refractivity contribution in [3.63, 3.8) is 0 Å². The highest BCUT2D eigenvalue weighted by molar-refractivity contribution is 7.76. The molecule has 0 spiro atoms. The van der Waals surface area contributed by atoms with E-state index in [-0.39, 0.29) is 63.9 Å². The maximum Gasteiger partial charge on any atom is 0.387 e. The van der Waals surface area contributed by atoms with E-state index in [9.17, 15) is 32.3 Å². The second-order valence-electron chi connectivity index (χ2n) is 13.9. The van der Waals surface area contributed by atoms with Crippen molar-refractivity contribution in [2.24, 2.45) is 11.8 Å². The van der Waals surface area contributed by atoms with Crippen LogP contribution in [-0.4, -0.2) is 57.0 Å².